The quantitative estimate of drug-likeness (QED) is 0.590. The average Bonchev–Trinajstić information content (AvgIpc) is 2.36. The summed E-state index contributed by atoms with van der Waals surface area (Å²) in [6.07, 6.45) is 4.17. The molecule has 0 unspecified atom stereocenters. The normalized spacial score (nSPS) is 10.3. The fourth-order valence-electron chi connectivity index (χ4n) is 1.63. The second kappa shape index (κ2) is 7.98. The highest BCUT2D eigenvalue weighted by Crippen LogP contribution is 2.17. The monoisotopic (exact) mass is 269 g/mol. The van der Waals surface area contributed by atoms with E-state index in [-0.39, 0.29) is 11.7 Å². The summed E-state index contributed by atoms with van der Waals surface area (Å²) in [6, 6.07) is 4.96. The molecule has 0 aliphatic heterocycles. The van der Waals surface area contributed by atoms with Crippen LogP contribution in [0.25, 0.3) is 0 Å². The summed E-state index contributed by atoms with van der Waals surface area (Å²) in [5.41, 5.74) is 1.27. The lowest BCUT2D eigenvalue weighted by Gasteiger charge is -2.06. The molecule has 1 aromatic rings. The largest absolute Gasteiger partial charge is 0.508 e. The molecule has 0 aliphatic carbocycles. The van der Waals surface area contributed by atoms with Crippen molar-refractivity contribution in [2.75, 3.05) is 12.4 Å². The summed E-state index contributed by atoms with van der Waals surface area (Å²) >= 11 is 5.58. The van der Waals surface area contributed by atoms with Crippen molar-refractivity contribution < 1.29 is 9.90 Å². The summed E-state index contributed by atoms with van der Waals surface area (Å²) in [6.45, 7) is 2.46. The lowest BCUT2D eigenvalue weighted by atomic mass is 10.1. The second-order valence-corrected chi connectivity index (χ2v) is 4.74. The van der Waals surface area contributed by atoms with E-state index in [0.29, 0.717) is 18.0 Å². The van der Waals surface area contributed by atoms with E-state index in [2.05, 4.69) is 5.32 Å². The maximum Gasteiger partial charge on any atom is 0.251 e. The molecule has 0 saturated heterocycles. The number of aryl methyl sites for hydroxylation is 1. The van der Waals surface area contributed by atoms with Crippen molar-refractivity contribution in [1.29, 1.82) is 0 Å². The smallest absolute Gasteiger partial charge is 0.251 e. The number of halogens is 1. The van der Waals surface area contributed by atoms with E-state index in [0.717, 1.165) is 31.2 Å². The van der Waals surface area contributed by atoms with Crippen LogP contribution in [0.3, 0.4) is 0 Å². The minimum absolute atomic E-state index is 0.136. The molecular formula is C14H20ClNO2. The minimum atomic E-state index is -0.136. The molecule has 0 fully saturated rings. The van der Waals surface area contributed by atoms with E-state index >= 15 is 0 Å². The summed E-state index contributed by atoms with van der Waals surface area (Å²) in [4.78, 5) is 11.8. The van der Waals surface area contributed by atoms with Gasteiger partial charge in [-0.25, -0.2) is 0 Å². The van der Waals surface area contributed by atoms with Gasteiger partial charge in [-0.1, -0.05) is 18.9 Å². The number of amides is 1. The average molecular weight is 270 g/mol. The Bertz CT molecular complexity index is 393. The van der Waals surface area contributed by atoms with Crippen LogP contribution in [-0.4, -0.2) is 23.4 Å². The Hall–Kier alpha value is -1.22. The van der Waals surface area contributed by atoms with Crippen molar-refractivity contribution in [3.8, 4) is 5.75 Å². The zero-order chi connectivity index (χ0) is 13.4. The zero-order valence-electron chi connectivity index (χ0n) is 10.7. The molecule has 100 valence electrons. The molecule has 0 atom stereocenters. The Labute approximate surface area is 113 Å². The Morgan fingerprint density at radius 3 is 2.67 bits per heavy atom. The lowest BCUT2D eigenvalue weighted by molar-refractivity contribution is 0.0952. The number of benzene rings is 1. The van der Waals surface area contributed by atoms with Crippen molar-refractivity contribution >= 4 is 17.5 Å². The molecule has 18 heavy (non-hydrogen) atoms. The van der Waals surface area contributed by atoms with Crippen LogP contribution in [0.5, 0.6) is 5.75 Å². The van der Waals surface area contributed by atoms with Crippen LogP contribution in [0.1, 0.15) is 41.6 Å². The first kappa shape index (κ1) is 14.8. The Morgan fingerprint density at radius 2 is 2.00 bits per heavy atom. The van der Waals surface area contributed by atoms with Crippen LogP contribution < -0.4 is 5.32 Å². The summed E-state index contributed by atoms with van der Waals surface area (Å²) in [5, 5.41) is 12.4. The standard InChI is InChI=1S/C14H20ClNO2/c1-11-6-7-12(10-13(11)17)14(18)16-9-5-3-2-4-8-15/h6-7,10,17H,2-5,8-9H2,1H3,(H,16,18). The van der Waals surface area contributed by atoms with Gasteiger partial charge in [0.15, 0.2) is 0 Å². The highest BCUT2D eigenvalue weighted by atomic mass is 35.5. The number of alkyl halides is 1. The number of carbonyl (C=O) groups is 1. The highest BCUT2D eigenvalue weighted by Gasteiger charge is 2.06. The van der Waals surface area contributed by atoms with Gasteiger partial charge >= 0.3 is 0 Å². The summed E-state index contributed by atoms with van der Waals surface area (Å²) < 4.78 is 0. The third-order valence-corrected chi connectivity index (χ3v) is 3.08. The first-order valence-electron chi connectivity index (χ1n) is 6.29. The van der Waals surface area contributed by atoms with Gasteiger partial charge in [0.1, 0.15) is 5.75 Å². The van der Waals surface area contributed by atoms with Crippen LogP contribution >= 0.6 is 11.6 Å². The fraction of sp³-hybridized carbons (Fsp3) is 0.500. The number of rotatable bonds is 7. The lowest BCUT2D eigenvalue weighted by Crippen LogP contribution is -2.24. The van der Waals surface area contributed by atoms with Gasteiger partial charge in [-0.15, -0.1) is 11.6 Å². The molecule has 0 saturated carbocycles. The molecular weight excluding hydrogens is 250 g/mol. The number of hydrogen-bond donors (Lipinski definition) is 2. The van der Waals surface area contributed by atoms with Crippen molar-refractivity contribution in [3.05, 3.63) is 29.3 Å². The molecule has 0 radical (unpaired) electrons. The van der Waals surface area contributed by atoms with Crippen LogP contribution in [-0.2, 0) is 0 Å². The maximum absolute atomic E-state index is 11.8. The van der Waals surface area contributed by atoms with Gasteiger partial charge in [0.25, 0.3) is 5.91 Å². The molecule has 1 rings (SSSR count). The SMILES string of the molecule is Cc1ccc(C(=O)NCCCCCCCl)cc1O. The number of hydrogen-bond acceptors (Lipinski definition) is 2. The van der Waals surface area contributed by atoms with Crippen LogP contribution in [0, 0.1) is 6.92 Å². The number of nitrogens with one attached hydrogen (secondary N) is 1. The molecule has 0 spiro atoms. The van der Waals surface area contributed by atoms with Crippen molar-refractivity contribution in [2.24, 2.45) is 0 Å². The topological polar surface area (TPSA) is 49.3 Å². The van der Waals surface area contributed by atoms with E-state index in [1.165, 1.54) is 6.07 Å². The van der Waals surface area contributed by atoms with Gasteiger partial charge in [0.2, 0.25) is 0 Å². The molecule has 4 heteroatoms. The number of aromatic hydroxyl groups is 1. The van der Waals surface area contributed by atoms with Crippen LogP contribution in [0.4, 0.5) is 0 Å². The summed E-state index contributed by atoms with van der Waals surface area (Å²) in [7, 11) is 0. The van der Waals surface area contributed by atoms with E-state index in [9.17, 15) is 9.90 Å². The highest BCUT2D eigenvalue weighted by molar-refractivity contribution is 6.17. The number of phenols is 1. The molecule has 1 aromatic carbocycles. The van der Waals surface area contributed by atoms with Gasteiger partial charge < -0.3 is 10.4 Å². The minimum Gasteiger partial charge on any atom is -0.508 e. The zero-order valence-corrected chi connectivity index (χ0v) is 11.5. The summed E-state index contributed by atoms with van der Waals surface area (Å²) in [5.74, 6) is 0.724. The molecule has 0 heterocycles. The molecule has 1 amide bonds. The van der Waals surface area contributed by atoms with Gasteiger partial charge in [-0.2, -0.15) is 0 Å². The Kier molecular flexibility index (Phi) is 6.58. The van der Waals surface area contributed by atoms with E-state index in [1.54, 1.807) is 19.1 Å². The molecule has 0 bridgehead atoms. The predicted octanol–water partition coefficient (Wildman–Crippen LogP) is 3.23. The fourth-order valence-corrected chi connectivity index (χ4v) is 1.82. The van der Waals surface area contributed by atoms with Crippen molar-refractivity contribution in [3.63, 3.8) is 0 Å². The molecule has 2 N–H and O–H groups in total. The second-order valence-electron chi connectivity index (χ2n) is 4.36. The molecule has 0 aromatic heterocycles. The number of phenolic OH excluding ortho intramolecular Hbond substituents is 1. The Balaban J connectivity index is 2.30. The first-order valence-corrected chi connectivity index (χ1v) is 6.82. The van der Waals surface area contributed by atoms with Crippen molar-refractivity contribution in [1.82, 2.24) is 5.32 Å². The molecule has 3 nitrogen and oxygen atoms in total. The Morgan fingerprint density at radius 1 is 1.28 bits per heavy atom. The predicted molar refractivity (Wildman–Crippen MR) is 74.4 cm³/mol. The van der Waals surface area contributed by atoms with E-state index in [4.69, 9.17) is 11.6 Å². The van der Waals surface area contributed by atoms with E-state index < -0.39 is 0 Å². The molecule has 0 aliphatic rings. The van der Waals surface area contributed by atoms with Crippen molar-refractivity contribution in [2.45, 2.75) is 32.6 Å². The van der Waals surface area contributed by atoms with E-state index in [1.807, 2.05) is 0 Å². The number of carbonyl (C=O) groups excluding carboxylic acids is 1. The maximum atomic E-state index is 11.8. The van der Waals surface area contributed by atoms with Gasteiger partial charge in [-0.3, -0.25) is 4.79 Å². The van der Waals surface area contributed by atoms with Crippen LogP contribution in [0.2, 0.25) is 0 Å². The van der Waals surface area contributed by atoms with Gasteiger partial charge in [-0.05, 0) is 37.5 Å². The van der Waals surface area contributed by atoms with Gasteiger partial charge in [0, 0.05) is 18.0 Å². The van der Waals surface area contributed by atoms with Crippen LogP contribution in [0.15, 0.2) is 18.2 Å². The third kappa shape index (κ3) is 4.96. The first-order chi connectivity index (χ1) is 8.65. The third-order valence-electron chi connectivity index (χ3n) is 2.82. The number of unbranched alkanes of at least 4 members (excludes halogenated alkanes) is 3. The van der Waals surface area contributed by atoms with Gasteiger partial charge in [0.05, 0.1) is 0 Å².